The number of hydrogen-bond donors (Lipinski definition) is 0. The van der Waals surface area contributed by atoms with E-state index in [0.29, 0.717) is 0 Å². The highest BCUT2D eigenvalue weighted by molar-refractivity contribution is 6.10. The second-order valence-corrected chi connectivity index (χ2v) is 18.3. The van der Waals surface area contributed by atoms with E-state index in [4.69, 9.17) is 10.1 Å². The molecule has 0 aliphatic carbocycles. The van der Waals surface area contributed by atoms with Gasteiger partial charge in [-0.3, -0.25) is 4.57 Å². The predicted molar refractivity (Wildman–Crippen MR) is 225 cm³/mol. The van der Waals surface area contributed by atoms with Crippen LogP contribution in [0.4, 0.5) is 11.4 Å². The van der Waals surface area contributed by atoms with E-state index in [1.807, 2.05) is 6.20 Å². The van der Waals surface area contributed by atoms with E-state index >= 15 is 0 Å². The molecular weight excluding hydrogens is 647 g/mol. The van der Waals surface area contributed by atoms with Crippen LogP contribution in [-0.2, 0) is 21.7 Å². The monoisotopic (exact) mass is 701 g/mol. The van der Waals surface area contributed by atoms with Gasteiger partial charge in [-0.2, -0.15) is 5.10 Å². The van der Waals surface area contributed by atoms with Gasteiger partial charge in [-0.25, -0.2) is 9.67 Å². The summed E-state index contributed by atoms with van der Waals surface area (Å²) < 4.78 is 4.49. The number of fused-ring (bicyclic) bond motifs is 3. The van der Waals surface area contributed by atoms with Crippen LogP contribution in [0.25, 0.3) is 33.3 Å². The van der Waals surface area contributed by atoms with Crippen LogP contribution < -0.4 is 4.90 Å². The van der Waals surface area contributed by atoms with Crippen LogP contribution in [0.5, 0.6) is 0 Å². The second-order valence-electron chi connectivity index (χ2n) is 18.3. The van der Waals surface area contributed by atoms with Crippen molar-refractivity contribution in [3.63, 3.8) is 0 Å². The summed E-state index contributed by atoms with van der Waals surface area (Å²) in [5, 5.41) is 7.61. The summed E-state index contributed by atoms with van der Waals surface area (Å²) in [4.78, 5) is 7.30. The Morgan fingerprint density at radius 2 is 1.25 bits per heavy atom. The summed E-state index contributed by atoms with van der Waals surface area (Å²) in [5.41, 5.74) is 11.4. The first-order chi connectivity index (χ1) is 24.8. The van der Waals surface area contributed by atoms with Crippen molar-refractivity contribution in [1.82, 2.24) is 19.3 Å². The number of aromatic nitrogens is 4. The summed E-state index contributed by atoms with van der Waals surface area (Å²) in [5.74, 6) is 0.917. The zero-order valence-corrected chi connectivity index (χ0v) is 33.7. The molecule has 5 nitrogen and oxygen atoms in total. The number of nitrogens with zero attached hydrogens (tertiary/aromatic N) is 5. The zero-order chi connectivity index (χ0) is 38.1. The molecule has 0 radical (unpaired) electrons. The normalized spacial score (nSPS) is 12.9. The summed E-state index contributed by atoms with van der Waals surface area (Å²) in [7, 11) is 2.15. The minimum absolute atomic E-state index is 0.0285. The lowest BCUT2D eigenvalue weighted by Crippen LogP contribution is -2.19. The molecule has 53 heavy (non-hydrogen) atoms. The molecular formula is C48H55N5. The van der Waals surface area contributed by atoms with Gasteiger partial charge in [0.2, 0.25) is 0 Å². The number of benzene rings is 4. The molecule has 0 spiro atoms. The zero-order valence-electron chi connectivity index (χ0n) is 33.7. The molecule has 0 saturated heterocycles. The van der Waals surface area contributed by atoms with Gasteiger partial charge in [0.25, 0.3) is 0 Å². The van der Waals surface area contributed by atoms with Crippen molar-refractivity contribution >= 4 is 33.2 Å². The number of pyridine rings is 1. The molecule has 0 atom stereocenters. The van der Waals surface area contributed by atoms with Crippen LogP contribution in [-0.4, -0.2) is 26.4 Å². The van der Waals surface area contributed by atoms with Crippen molar-refractivity contribution in [2.75, 3.05) is 11.9 Å². The van der Waals surface area contributed by atoms with E-state index in [9.17, 15) is 0 Å². The molecule has 0 aliphatic rings. The standard InChI is InChI=1S/C48H55N5/c1-45(2,3)33-21-24-40-39(27-33)38-23-22-36(30-41(38)52(40)44-28-34(25-26-49-44)48(10,11)32-17-14-13-15-18-32)51(12)35-19-16-20-37(29-35)53-43(47(7,8)9)31-42(50-53)46(4,5)6/h13-31H,1-12H3. The molecule has 5 heteroatoms. The van der Waals surface area contributed by atoms with Gasteiger partial charge in [0.05, 0.1) is 22.4 Å². The van der Waals surface area contributed by atoms with Gasteiger partial charge in [-0.05, 0) is 82.8 Å². The highest BCUT2D eigenvalue weighted by atomic mass is 15.3. The van der Waals surface area contributed by atoms with Gasteiger partial charge in [0, 0.05) is 57.3 Å². The van der Waals surface area contributed by atoms with E-state index in [1.165, 1.54) is 33.2 Å². The minimum atomic E-state index is -0.192. The van der Waals surface area contributed by atoms with Crippen molar-refractivity contribution < 1.29 is 0 Å². The smallest absolute Gasteiger partial charge is 0.137 e. The van der Waals surface area contributed by atoms with Gasteiger partial charge in [-0.15, -0.1) is 0 Å². The third-order valence-electron chi connectivity index (χ3n) is 10.9. The maximum atomic E-state index is 5.16. The fourth-order valence-electron chi connectivity index (χ4n) is 7.34. The molecule has 0 unspecified atom stereocenters. The van der Waals surface area contributed by atoms with Gasteiger partial charge >= 0.3 is 0 Å². The lowest BCUT2D eigenvalue weighted by atomic mass is 9.78. The Hall–Kier alpha value is -5.16. The quantitative estimate of drug-likeness (QED) is 0.173. The Morgan fingerprint density at radius 1 is 0.528 bits per heavy atom. The molecule has 3 heterocycles. The van der Waals surface area contributed by atoms with Gasteiger partial charge < -0.3 is 4.90 Å². The highest BCUT2D eigenvalue weighted by Crippen LogP contribution is 2.39. The maximum absolute atomic E-state index is 5.16. The minimum Gasteiger partial charge on any atom is -0.344 e. The average molecular weight is 702 g/mol. The maximum Gasteiger partial charge on any atom is 0.137 e. The summed E-state index contributed by atoms with van der Waals surface area (Å²) in [6.45, 7) is 24.9. The van der Waals surface area contributed by atoms with Crippen LogP contribution in [0.1, 0.15) is 104 Å². The predicted octanol–water partition coefficient (Wildman–Crippen LogP) is 12.4. The topological polar surface area (TPSA) is 38.9 Å². The van der Waals surface area contributed by atoms with E-state index in [-0.39, 0.29) is 21.7 Å². The van der Waals surface area contributed by atoms with Crippen LogP contribution >= 0.6 is 0 Å². The molecule has 0 N–H and O–H groups in total. The van der Waals surface area contributed by atoms with Crippen molar-refractivity contribution in [3.05, 3.63) is 143 Å². The molecule has 4 aromatic carbocycles. The Labute approximate surface area is 316 Å². The number of rotatable bonds is 6. The molecule has 7 aromatic rings. The Bertz CT molecular complexity index is 2440. The van der Waals surface area contributed by atoms with E-state index in [1.54, 1.807) is 0 Å². The summed E-state index contributed by atoms with van der Waals surface area (Å²) in [6.07, 6.45) is 1.96. The first-order valence-electron chi connectivity index (χ1n) is 18.9. The lowest BCUT2D eigenvalue weighted by Gasteiger charge is -2.26. The van der Waals surface area contributed by atoms with Gasteiger partial charge in [0.1, 0.15) is 5.82 Å². The van der Waals surface area contributed by atoms with Gasteiger partial charge in [0.15, 0.2) is 0 Å². The first kappa shape index (κ1) is 36.2. The SMILES string of the molecule is CN(c1cccc(-n2nc(C(C)(C)C)cc2C(C)(C)C)c1)c1ccc2c3cc(C(C)(C)C)ccc3n(-c3cc(C(C)(C)c4ccccc4)ccn3)c2c1. The average Bonchev–Trinajstić information content (AvgIpc) is 3.72. The molecule has 0 saturated carbocycles. The van der Waals surface area contributed by atoms with Crippen LogP contribution in [0.3, 0.4) is 0 Å². The van der Waals surface area contributed by atoms with E-state index in [2.05, 4.69) is 207 Å². The Kier molecular flexibility index (Phi) is 8.71. The fourth-order valence-corrected chi connectivity index (χ4v) is 7.34. The second kappa shape index (κ2) is 12.8. The van der Waals surface area contributed by atoms with E-state index in [0.717, 1.165) is 39.6 Å². The van der Waals surface area contributed by atoms with Crippen molar-refractivity contribution in [1.29, 1.82) is 0 Å². The Morgan fingerprint density at radius 3 is 1.92 bits per heavy atom. The molecule has 0 fully saturated rings. The molecule has 272 valence electrons. The van der Waals surface area contributed by atoms with Crippen molar-refractivity contribution in [2.24, 2.45) is 0 Å². The van der Waals surface area contributed by atoms with Crippen LogP contribution in [0.2, 0.25) is 0 Å². The van der Waals surface area contributed by atoms with Crippen molar-refractivity contribution in [3.8, 4) is 11.5 Å². The van der Waals surface area contributed by atoms with E-state index < -0.39 is 0 Å². The molecule has 3 aromatic heterocycles. The van der Waals surface area contributed by atoms with Crippen molar-refractivity contribution in [2.45, 2.75) is 97.8 Å². The third kappa shape index (κ3) is 6.67. The number of anilines is 2. The summed E-state index contributed by atoms with van der Waals surface area (Å²) >= 11 is 0. The number of hydrogen-bond acceptors (Lipinski definition) is 3. The molecule has 7 rings (SSSR count). The largest absolute Gasteiger partial charge is 0.344 e. The molecule has 0 bridgehead atoms. The highest BCUT2D eigenvalue weighted by Gasteiger charge is 2.28. The molecule has 0 amide bonds. The van der Waals surface area contributed by atoms with Gasteiger partial charge in [-0.1, -0.05) is 125 Å². The lowest BCUT2D eigenvalue weighted by molar-refractivity contribution is 0.537. The van der Waals surface area contributed by atoms with Crippen LogP contribution in [0, 0.1) is 0 Å². The third-order valence-corrected chi connectivity index (χ3v) is 10.9. The fraction of sp³-hybridized carbons (Fsp3) is 0.333. The Balaban J connectivity index is 1.38. The van der Waals surface area contributed by atoms with Crippen LogP contribution in [0.15, 0.2) is 115 Å². The first-order valence-corrected chi connectivity index (χ1v) is 18.9. The molecule has 0 aliphatic heterocycles. The summed E-state index contributed by atoms with van der Waals surface area (Å²) in [6, 6.07) is 40.0.